The minimum absolute atomic E-state index is 0.0248. The lowest BCUT2D eigenvalue weighted by molar-refractivity contribution is -0.132. The fourth-order valence-electron chi connectivity index (χ4n) is 5.34. The van der Waals surface area contributed by atoms with Crippen molar-refractivity contribution in [3.05, 3.63) is 82.4 Å². The molecule has 1 atom stereocenters. The predicted molar refractivity (Wildman–Crippen MR) is 163 cm³/mol. The second-order valence-electron chi connectivity index (χ2n) is 11.1. The van der Waals surface area contributed by atoms with Crippen LogP contribution >= 0.6 is 11.3 Å². The fourth-order valence-corrected chi connectivity index (χ4v) is 6.51. The van der Waals surface area contributed by atoms with E-state index in [0.717, 1.165) is 27.8 Å². The largest absolute Gasteiger partial charge is 0.507 e. The van der Waals surface area contributed by atoms with Crippen LogP contribution in [0.2, 0.25) is 0 Å². The van der Waals surface area contributed by atoms with E-state index in [1.807, 2.05) is 50.2 Å². The number of hydrogen-bond donors (Lipinski definition) is 1. The number of nitrogens with zero attached hydrogens (tertiary/aromatic N) is 2. The van der Waals surface area contributed by atoms with Crippen LogP contribution in [0.5, 0.6) is 17.2 Å². The zero-order valence-corrected chi connectivity index (χ0v) is 24.8. The first-order valence-electron chi connectivity index (χ1n) is 14.0. The maximum absolute atomic E-state index is 13.8. The molecule has 0 saturated carbocycles. The summed E-state index contributed by atoms with van der Waals surface area (Å²) in [7, 11) is 0. The first-order chi connectivity index (χ1) is 20.2. The zero-order chi connectivity index (χ0) is 29.5. The number of carbonyl (C=O) groups excluding carboxylic acids is 2. The highest BCUT2D eigenvalue weighted by Crippen LogP contribution is 2.46. The SMILES string of the molecule is Cc1cc(C)c2nc(N3C(=O)C(=O)/C(=C(\O)c4ccc5c(c4)OCCO5)C3c3cccc(OCCC(C)C)c3)sc2c1. The van der Waals surface area contributed by atoms with Crippen LogP contribution in [0, 0.1) is 19.8 Å². The van der Waals surface area contributed by atoms with Crippen molar-refractivity contribution >= 4 is 44.1 Å². The minimum Gasteiger partial charge on any atom is -0.507 e. The monoisotopic (exact) mass is 584 g/mol. The molecule has 2 aliphatic rings. The third kappa shape index (κ3) is 5.09. The number of benzene rings is 3. The highest BCUT2D eigenvalue weighted by atomic mass is 32.1. The van der Waals surface area contributed by atoms with Gasteiger partial charge in [0.1, 0.15) is 24.7 Å². The molecule has 8 nitrogen and oxygen atoms in total. The van der Waals surface area contributed by atoms with Crippen LogP contribution in [0.15, 0.2) is 60.2 Å². The highest BCUT2D eigenvalue weighted by molar-refractivity contribution is 7.22. The summed E-state index contributed by atoms with van der Waals surface area (Å²) in [6.07, 6.45) is 0.886. The number of carbonyl (C=O) groups is 2. The van der Waals surface area contributed by atoms with Crippen molar-refractivity contribution < 1.29 is 28.9 Å². The van der Waals surface area contributed by atoms with Gasteiger partial charge in [-0.25, -0.2) is 4.98 Å². The molecule has 1 N–H and O–H groups in total. The number of ketones is 1. The van der Waals surface area contributed by atoms with Gasteiger partial charge in [0, 0.05) is 5.56 Å². The van der Waals surface area contributed by atoms with Gasteiger partial charge in [-0.05, 0) is 79.3 Å². The number of aliphatic hydroxyl groups is 1. The summed E-state index contributed by atoms with van der Waals surface area (Å²) in [6, 6.07) is 15.4. The molecule has 2 aliphatic heterocycles. The van der Waals surface area contributed by atoms with Gasteiger partial charge >= 0.3 is 5.91 Å². The summed E-state index contributed by atoms with van der Waals surface area (Å²) in [5, 5.41) is 12.0. The first-order valence-corrected chi connectivity index (χ1v) is 14.8. The van der Waals surface area contributed by atoms with Crippen molar-refractivity contribution in [2.24, 2.45) is 5.92 Å². The molecule has 3 heterocycles. The summed E-state index contributed by atoms with van der Waals surface area (Å²) < 4.78 is 18.3. The standard InChI is InChI=1S/C33H32N2O6S/c1-18(2)10-11-39-23-7-5-6-21(16-23)29-27(30(36)22-8-9-24-25(17-22)41-13-12-40-24)31(37)32(38)35(29)33-34-28-20(4)14-19(3)15-26(28)42-33/h5-9,14-18,29,36H,10-13H2,1-4H3/b30-27-. The summed E-state index contributed by atoms with van der Waals surface area (Å²) in [4.78, 5) is 33.7. The van der Waals surface area contributed by atoms with Gasteiger partial charge in [-0.3, -0.25) is 14.5 Å². The molecule has 0 radical (unpaired) electrons. The van der Waals surface area contributed by atoms with E-state index in [4.69, 9.17) is 19.2 Å². The minimum atomic E-state index is -0.922. The summed E-state index contributed by atoms with van der Waals surface area (Å²) in [5.41, 5.74) is 3.79. The van der Waals surface area contributed by atoms with Crippen LogP contribution in [0.1, 0.15) is 48.6 Å². The van der Waals surface area contributed by atoms with E-state index >= 15 is 0 Å². The molecule has 1 saturated heterocycles. The molecule has 1 unspecified atom stereocenters. The number of rotatable bonds is 7. The molecule has 3 aromatic carbocycles. The molecule has 0 aliphatic carbocycles. The molecule has 1 amide bonds. The van der Waals surface area contributed by atoms with Gasteiger partial charge in [-0.15, -0.1) is 0 Å². The van der Waals surface area contributed by atoms with Gasteiger partial charge in [0.15, 0.2) is 16.6 Å². The third-order valence-corrected chi connectivity index (χ3v) is 8.42. The lowest BCUT2D eigenvalue weighted by atomic mass is 9.95. The number of thiazole rings is 1. The molecule has 9 heteroatoms. The van der Waals surface area contributed by atoms with E-state index in [-0.39, 0.29) is 11.3 Å². The Morgan fingerprint density at radius 1 is 1.07 bits per heavy atom. The Morgan fingerprint density at radius 3 is 2.64 bits per heavy atom. The number of amides is 1. The van der Waals surface area contributed by atoms with Crippen molar-refractivity contribution in [2.75, 3.05) is 24.7 Å². The van der Waals surface area contributed by atoms with Gasteiger partial charge in [-0.2, -0.15) is 0 Å². The number of aromatic nitrogens is 1. The van der Waals surface area contributed by atoms with Crippen molar-refractivity contribution in [1.82, 2.24) is 4.98 Å². The number of aliphatic hydroxyl groups excluding tert-OH is 1. The zero-order valence-electron chi connectivity index (χ0n) is 24.0. The fraction of sp³-hybridized carbons (Fsp3) is 0.303. The average Bonchev–Trinajstić information content (AvgIpc) is 3.50. The Morgan fingerprint density at radius 2 is 1.86 bits per heavy atom. The van der Waals surface area contributed by atoms with E-state index < -0.39 is 17.7 Å². The van der Waals surface area contributed by atoms with Gasteiger partial charge in [0.05, 0.1) is 28.4 Å². The summed E-state index contributed by atoms with van der Waals surface area (Å²) in [5.74, 6) is 0.294. The van der Waals surface area contributed by atoms with Crippen LogP contribution < -0.4 is 19.1 Å². The van der Waals surface area contributed by atoms with E-state index in [1.165, 1.54) is 16.2 Å². The number of anilines is 1. The van der Waals surface area contributed by atoms with E-state index in [0.29, 0.717) is 59.2 Å². The van der Waals surface area contributed by atoms with Crippen molar-refractivity contribution in [3.8, 4) is 17.2 Å². The molecular weight excluding hydrogens is 552 g/mol. The van der Waals surface area contributed by atoms with Gasteiger partial charge in [-0.1, -0.05) is 43.4 Å². The summed E-state index contributed by atoms with van der Waals surface area (Å²) in [6.45, 7) is 9.59. The van der Waals surface area contributed by atoms with Gasteiger partial charge in [0.25, 0.3) is 5.78 Å². The topological polar surface area (TPSA) is 98.2 Å². The average molecular weight is 585 g/mol. The van der Waals surface area contributed by atoms with Crippen LogP contribution in [0.4, 0.5) is 5.13 Å². The molecule has 1 aromatic heterocycles. The molecule has 216 valence electrons. The number of ether oxygens (including phenoxy) is 3. The summed E-state index contributed by atoms with van der Waals surface area (Å²) >= 11 is 1.35. The molecule has 6 rings (SSSR count). The van der Waals surface area contributed by atoms with Gasteiger partial charge < -0.3 is 19.3 Å². The number of aryl methyl sites for hydroxylation is 2. The van der Waals surface area contributed by atoms with E-state index in [1.54, 1.807) is 18.2 Å². The Bertz CT molecular complexity index is 1740. The second kappa shape index (κ2) is 11.1. The number of Topliss-reactive ketones (excluding diaryl/α,β-unsaturated/α-hetero) is 1. The normalized spacial score (nSPS) is 17.8. The number of fused-ring (bicyclic) bond motifs is 2. The Labute approximate surface area is 248 Å². The van der Waals surface area contributed by atoms with Crippen LogP contribution in [-0.2, 0) is 9.59 Å². The lowest BCUT2D eigenvalue weighted by Gasteiger charge is -2.24. The van der Waals surface area contributed by atoms with Crippen LogP contribution in [0.25, 0.3) is 16.0 Å². The molecule has 42 heavy (non-hydrogen) atoms. The maximum atomic E-state index is 13.8. The predicted octanol–water partition coefficient (Wildman–Crippen LogP) is 6.74. The van der Waals surface area contributed by atoms with Crippen LogP contribution in [-0.4, -0.2) is 41.6 Å². The smallest absolute Gasteiger partial charge is 0.301 e. The Kier molecular flexibility index (Phi) is 7.36. The van der Waals surface area contributed by atoms with Gasteiger partial charge in [0.2, 0.25) is 0 Å². The quantitative estimate of drug-likeness (QED) is 0.146. The van der Waals surface area contributed by atoms with E-state index in [9.17, 15) is 14.7 Å². The molecule has 4 aromatic rings. The Hall–Kier alpha value is -4.37. The maximum Gasteiger partial charge on any atom is 0.301 e. The number of hydrogen-bond acceptors (Lipinski definition) is 8. The molecule has 0 bridgehead atoms. The lowest BCUT2D eigenvalue weighted by Crippen LogP contribution is -2.29. The highest BCUT2D eigenvalue weighted by Gasteiger charge is 2.48. The van der Waals surface area contributed by atoms with Crippen molar-refractivity contribution in [3.63, 3.8) is 0 Å². The third-order valence-electron chi connectivity index (χ3n) is 7.42. The van der Waals surface area contributed by atoms with Crippen molar-refractivity contribution in [2.45, 2.75) is 40.2 Å². The molecule has 0 spiro atoms. The first kappa shape index (κ1) is 27.8. The Balaban J connectivity index is 1.50. The van der Waals surface area contributed by atoms with Crippen molar-refractivity contribution in [1.29, 1.82) is 0 Å². The molecular formula is C33H32N2O6S. The van der Waals surface area contributed by atoms with Crippen LogP contribution in [0.3, 0.4) is 0 Å². The second-order valence-corrected chi connectivity index (χ2v) is 12.1. The molecule has 1 fully saturated rings. The van der Waals surface area contributed by atoms with E-state index in [2.05, 4.69) is 13.8 Å².